The van der Waals surface area contributed by atoms with E-state index in [-0.39, 0.29) is 5.75 Å². The number of carbonyl (C=O) groups is 1. The zero-order valence-corrected chi connectivity index (χ0v) is 12.2. The van der Waals surface area contributed by atoms with Crippen LogP contribution in [0.4, 0.5) is 0 Å². The first-order chi connectivity index (χ1) is 8.48. The zero-order valence-electron chi connectivity index (χ0n) is 11.4. The van der Waals surface area contributed by atoms with E-state index in [4.69, 9.17) is 5.11 Å². The smallest absolute Gasteiger partial charge is 0.318 e. The fourth-order valence-corrected chi connectivity index (χ4v) is 3.06. The van der Waals surface area contributed by atoms with Gasteiger partial charge in [-0.25, -0.2) is 8.42 Å². The van der Waals surface area contributed by atoms with Crippen molar-refractivity contribution in [3.8, 4) is 0 Å². The van der Waals surface area contributed by atoms with Gasteiger partial charge in [0.1, 0.15) is 5.75 Å². The van der Waals surface area contributed by atoms with Crippen molar-refractivity contribution in [2.24, 2.45) is 0 Å². The molecule has 18 heavy (non-hydrogen) atoms. The third-order valence-corrected chi connectivity index (χ3v) is 4.50. The predicted molar refractivity (Wildman–Crippen MR) is 73.5 cm³/mol. The number of carboxylic acid groups (broad SMARTS) is 1. The molecule has 0 bridgehead atoms. The highest BCUT2D eigenvalue weighted by molar-refractivity contribution is 7.92. The van der Waals surface area contributed by atoms with Gasteiger partial charge < -0.3 is 5.11 Å². The lowest BCUT2D eigenvalue weighted by molar-refractivity contribution is -0.134. The highest BCUT2D eigenvalue weighted by atomic mass is 32.2. The van der Waals surface area contributed by atoms with Gasteiger partial charge in [-0.3, -0.25) is 4.79 Å². The van der Waals surface area contributed by atoms with Crippen molar-refractivity contribution >= 4 is 15.8 Å². The fraction of sp³-hybridized carbons (Fsp3) is 0.923. The largest absolute Gasteiger partial charge is 0.480 e. The molecular formula is C13H26O4S. The van der Waals surface area contributed by atoms with Gasteiger partial charge in [0.25, 0.3) is 0 Å². The molecule has 0 aromatic heterocycles. The van der Waals surface area contributed by atoms with Crippen LogP contribution in [-0.4, -0.2) is 31.0 Å². The number of rotatable bonds is 12. The molecule has 0 saturated carbocycles. The molecule has 1 N–H and O–H groups in total. The Bertz CT molecular complexity index is 309. The van der Waals surface area contributed by atoms with Gasteiger partial charge in [-0.1, -0.05) is 58.3 Å². The van der Waals surface area contributed by atoms with Crippen molar-refractivity contribution in [2.45, 2.75) is 64.7 Å². The molecule has 0 saturated heterocycles. The molecule has 0 aliphatic carbocycles. The topological polar surface area (TPSA) is 71.4 Å². The summed E-state index contributed by atoms with van der Waals surface area (Å²) in [6, 6.07) is 0. The summed E-state index contributed by atoms with van der Waals surface area (Å²) in [5.74, 6) is -1.98. The molecule has 0 radical (unpaired) electrons. The van der Waals surface area contributed by atoms with Gasteiger partial charge in [0.05, 0.1) is 5.75 Å². The summed E-state index contributed by atoms with van der Waals surface area (Å²) in [5.41, 5.74) is 0. The van der Waals surface area contributed by atoms with Crippen LogP contribution < -0.4 is 0 Å². The molecule has 0 unspecified atom stereocenters. The van der Waals surface area contributed by atoms with Crippen LogP contribution in [-0.2, 0) is 14.6 Å². The van der Waals surface area contributed by atoms with Crippen LogP contribution in [0, 0.1) is 0 Å². The molecule has 0 amide bonds. The molecule has 5 heteroatoms. The van der Waals surface area contributed by atoms with Crippen molar-refractivity contribution < 1.29 is 18.3 Å². The van der Waals surface area contributed by atoms with E-state index in [0.717, 1.165) is 19.3 Å². The molecule has 0 aromatic rings. The Balaban J connectivity index is 3.37. The van der Waals surface area contributed by atoms with E-state index in [1.807, 2.05) is 0 Å². The molecular weight excluding hydrogens is 252 g/mol. The summed E-state index contributed by atoms with van der Waals surface area (Å²) in [6.45, 7) is 2.19. The number of unbranched alkanes of at least 4 members (excludes halogenated alkanes) is 8. The van der Waals surface area contributed by atoms with Gasteiger partial charge >= 0.3 is 5.97 Å². The molecule has 4 nitrogen and oxygen atoms in total. The summed E-state index contributed by atoms with van der Waals surface area (Å²) >= 11 is 0. The number of aliphatic carboxylic acids is 1. The number of hydrogen-bond acceptors (Lipinski definition) is 3. The van der Waals surface area contributed by atoms with Crippen molar-refractivity contribution in [2.75, 3.05) is 11.5 Å². The van der Waals surface area contributed by atoms with Crippen LogP contribution in [0.2, 0.25) is 0 Å². The van der Waals surface area contributed by atoms with Crippen molar-refractivity contribution in [1.82, 2.24) is 0 Å². The number of carboxylic acids is 1. The minimum absolute atomic E-state index is 0.00906. The van der Waals surface area contributed by atoms with E-state index in [1.165, 1.54) is 32.1 Å². The maximum atomic E-state index is 11.3. The lowest BCUT2D eigenvalue weighted by atomic mass is 10.1. The molecule has 0 heterocycles. The van der Waals surface area contributed by atoms with Gasteiger partial charge in [0, 0.05) is 0 Å². The Labute approximate surface area is 111 Å². The van der Waals surface area contributed by atoms with Crippen molar-refractivity contribution in [1.29, 1.82) is 0 Å². The molecule has 0 aliphatic heterocycles. The third-order valence-electron chi connectivity index (χ3n) is 2.90. The van der Waals surface area contributed by atoms with Crippen LogP contribution in [0.5, 0.6) is 0 Å². The first-order valence-corrected chi connectivity index (χ1v) is 8.72. The molecule has 0 fully saturated rings. The maximum absolute atomic E-state index is 11.3. The Kier molecular flexibility index (Phi) is 10.0. The second-order valence-electron chi connectivity index (χ2n) is 4.81. The minimum Gasteiger partial charge on any atom is -0.480 e. The molecule has 0 atom stereocenters. The Morgan fingerprint density at radius 2 is 1.33 bits per heavy atom. The molecule has 108 valence electrons. The number of sulfone groups is 1. The predicted octanol–water partition coefficient (Wildman–Crippen LogP) is 3.02. The zero-order chi connectivity index (χ0) is 13.9. The van der Waals surface area contributed by atoms with Crippen LogP contribution in [0.25, 0.3) is 0 Å². The van der Waals surface area contributed by atoms with Crippen LogP contribution in [0.15, 0.2) is 0 Å². The van der Waals surface area contributed by atoms with Crippen LogP contribution in [0.3, 0.4) is 0 Å². The third kappa shape index (κ3) is 11.9. The molecule has 0 aromatic carbocycles. The van der Waals surface area contributed by atoms with Gasteiger partial charge in [-0.15, -0.1) is 0 Å². The normalized spacial score (nSPS) is 11.6. The second kappa shape index (κ2) is 10.4. The summed E-state index contributed by atoms with van der Waals surface area (Å²) in [5, 5.41) is 8.41. The standard InChI is InChI=1S/C13H26O4S/c1-2-3-4-5-6-7-8-9-10-11-18(16,17)12-13(14)15/h2-12H2,1H3,(H,14,15). The van der Waals surface area contributed by atoms with E-state index in [0.29, 0.717) is 6.42 Å². The van der Waals surface area contributed by atoms with Gasteiger partial charge in [-0.2, -0.15) is 0 Å². The minimum atomic E-state index is -3.39. The van der Waals surface area contributed by atoms with Crippen LogP contribution in [0.1, 0.15) is 64.7 Å². The van der Waals surface area contributed by atoms with Crippen molar-refractivity contribution in [3.05, 3.63) is 0 Å². The van der Waals surface area contributed by atoms with E-state index >= 15 is 0 Å². The molecule has 0 spiro atoms. The van der Waals surface area contributed by atoms with Gasteiger partial charge in [-0.05, 0) is 6.42 Å². The lowest BCUT2D eigenvalue weighted by Crippen LogP contribution is -2.18. The fourth-order valence-electron chi connectivity index (χ4n) is 1.89. The summed E-state index contributed by atoms with van der Waals surface area (Å²) in [4.78, 5) is 10.3. The summed E-state index contributed by atoms with van der Waals surface area (Å²) < 4.78 is 22.5. The van der Waals surface area contributed by atoms with Gasteiger partial charge in [0.2, 0.25) is 0 Å². The van der Waals surface area contributed by atoms with E-state index in [1.54, 1.807) is 0 Å². The quantitative estimate of drug-likeness (QED) is 0.557. The van der Waals surface area contributed by atoms with Gasteiger partial charge in [0.15, 0.2) is 9.84 Å². The molecule has 0 rings (SSSR count). The second-order valence-corrected chi connectivity index (χ2v) is 7.00. The Hall–Kier alpha value is -0.580. The first-order valence-electron chi connectivity index (χ1n) is 6.90. The summed E-state index contributed by atoms with van der Waals surface area (Å²) in [7, 11) is -3.39. The number of hydrogen-bond donors (Lipinski definition) is 1. The Morgan fingerprint density at radius 3 is 1.78 bits per heavy atom. The van der Waals surface area contributed by atoms with E-state index < -0.39 is 21.6 Å². The first kappa shape index (κ1) is 17.4. The summed E-state index contributed by atoms with van der Waals surface area (Å²) in [6.07, 6.45) is 10.0. The lowest BCUT2D eigenvalue weighted by Gasteiger charge is -2.02. The SMILES string of the molecule is CCCCCCCCCCCS(=O)(=O)CC(=O)O. The highest BCUT2D eigenvalue weighted by Crippen LogP contribution is 2.10. The van der Waals surface area contributed by atoms with E-state index in [2.05, 4.69) is 6.92 Å². The highest BCUT2D eigenvalue weighted by Gasteiger charge is 2.14. The monoisotopic (exact) mass is 278 g/mol. The van der Waals surface area contributed by atoms with Crippen LogP contribution >= 0.6 is 0 Å². The molecule has 0 aliphatic rings. The Morgan fingerprint density at radius 1 is 0.889 bits per heavy atom. The average molecular weight is 278 g/mol. The van der Waals surface area contributed by atoms with E-state index in [9.17, 15) is 13.2 Å². The van der Waals surface area contributed by atoms with Crippen molar-refractivity contribution in [3.63, 3.8) is 0 Å². The maximum Gasteiger partial charge on any atom is 0.318 e. The average Bonchev–Trinajstić information content (AvgIpc) is 2.25.